The number of carbonyl (C=O) groups excluding carboxylic acids is 1. The normalized spacial score (nSPS) is 12.0. The minimum Gasteiger partial charge on any atom is -0.325 e. The Kier molecular flexibility index (Phi) is 4.74. The molecule has 2 aromatic rings. The Bertz CT molecular complexity index is 697. The van der Waals surface area contributed by atoms with Crippen molar-refractivity contribution in [2.45, 2.75) is 31.2 Å². The summed E-state index contributed by atoms with van der Waals surface area (Å²) in [6.45, 7) is 5.30. The number of thioether (sulfide) groups is 1. The molecule has 0 spiro atoms. The van der Waals surface area contributed by atoms with Gasteiger partial charge in [-0.05, 0) is 32.9 Å². The molecule has 1 amide bonds. The number of aryl methyl sites for hydroxylation is 2. The first kappa shape index (κ1) is 15.2. The van der Waals surface area contributed by atoms with Crippen LogP contribution in [0.15, 0.2) is 34.2 Å². The van der Waals surface area contributed by atoms with Gasteiger partial charge in [0.05, 0.1) is 5.25 Å². The van der Waals surface area contributed by atoms with Gasteiger partial charge < -0.3 is 5.32 Å². The number of aromatic nitrogens is 3. The lowest BCUT2D eigenvalue weighted by Crippen LogP contribution is -2.23. The molecule has 0 aliphatic carbocycles. The molecule has 0 aliphatic heterocycles. The highest BCUT2D eigenvalue weighted by Crippen LogP contribution is 2.19. The smallest absolute Gasteiger partial charge is 0.273 e. The summed E-state index contributed by atoms with van der Waals surface area (Å²) >= 11 is 1.16. The molecule has 21 heavy (non-hydrogen) atoms. The average Bonchev–Trinajstić information content (AvgIpc) is 2.45. The van der Waals surface area contributed by atoms with Gasteiger partial charge in [0.1, 0.15) is 5.69 Å². The van der Waals surface area contributed by atoms with E-state index < -0.39 is 5.25 Å². The molecular formula is C14H16N4O2S. The molecule has 0 radical (unpaired) electrons. The SMILES string of the molecule is Cc1ccc(NC(=O)[C@H](C)Sc2nnc(C)c(=O)[nH]2)cc1. The number of hydrogen-bond acceptors (Lipinski definition) is 5. The third kappa shape index (κ3) is 4.16. The molecule has 2 N–H and O–H groups in total. The first-order valence-electron chi connectivity index (χ1n) is 6.43. The number of nitrogens with one attached hydrogen (secondary N) is 2. The maximum absolute atomic E-state index is 12.1. The van der Waals surface area contributed by atoms with Crippen LogP contribution in [-0.4, -0.2) is 26.3 Å². The Balaban J connectivity index is 2.00. The van der Waals surface area contributed by atoms with Crippen molar-refractivity contribution in [3.63, 3.8) is 0 Å². The Morgan fingerprint density at radius 3 is 2.52 bits per heavy atom. The van der Waals surface area contributed by atoms with E-state index in [0.717, 1.165) is 23.0 Å². The molecule has 0 unspecified atom stereocenters. The lowest BCUT2D eigenvalue weighted by molar-refractivity contribution is -0.115. The van der Waals surface area contributed by atoms with Crippen molar-refractivity contribution in [1.82, 2.24) is 15.2 Å². The molecule has 7 heteroatoms. The van der Waals surface area contributed by atoms with E-state index >= 15 is 0 Å². The van der Waals surface area contributed by atoms with Crippen LogP contribution in [0.1, 0.15) is 18.2 Å². The van der Waals surface area contributed by atoms with Gasteiger partial charge in [0.2, 0.25) is 5.91 Å². The summed E-state index contributed by atoms with van der Waals surface area (Å²) < 4.78 is 0. The zero-order valence-electron chi connectivity index (χ0n) is 12.0. The maximum atomic E-state index is 12.1. The van der Waals surface area contributed by atoms with Gasteiger partial charge in [-0.1, -0.05) is 29.5 Å². The van der Waals surface area contributed by atoms with Gasteiger partial charge in [0.25, 0.3) is 5.56 Å². The monoisotopic (exact) mass is 304 g/mol. The van der Waals surface area contributed by atoms with Crippen LogP contribution in [0.25, 0.3) is 0 Å². The highest BCUT2D eigenvalue weighted by Gasteiger charge is 2.16. The van der Waals surface area contributed by atoms with Crippen LogP contribution in [0.4, 0.5) is 5.69 Å². The van der Waals surface area contributed by atoms with Crippen molar-refractivity contribution in [2.24, 2.45) is 0 Å². The third-order valence-corrected chi connectivity index (χ3v) is 3.79. The number of aromatic amines is 1. The Hall–Kier alpha value is -2.15. The second-order valence-corrected chi connectivity index (χ2v) is 5.99. The topological polar surface area (TPSA) is 87.7 Å². The summed E-state index contributed by atoms with van der Waals surface area (Å²) in [5.41, 5.74) is 1.87. The van der Waals surface area contributed by atoms with E-state index in [9.17, 15) is 9.59 Å². The number of H-pyrrole nitrogens is 1. The van der Waals surface area contributed by atoms with Crippen molar-refractivity contribution < 1.29 is 4.79 Å². The van der Waals surface area contributed by atoms with Crippen LogP contribution < -0.4 is 10.9 Å². The molecule has 110 valence electrons. The predicted molar refractivity (Wildman–Crippen MR) is 82.5 cm³/mol. The van der Waals surface area contributed by atoms with Gasteiger partial charge in [0.15, 0.2) is 5.16 Å². The fourth-order valence-electron chi connectivity index (χ4n) is 1.53. The molecule has 0 saturated heterocycles. The highest BCUT2D eigenvalue weighted by molar-refractivity contribution is 8.00. The van der Waals surface area contributed by atoms with Crippen LogP contribution in [0.3, 0.4) is 0 Å². The molecule has 6 nitrogen and oxygen atoms in total. The van der Waals surface area contributed by atoms with Gasteiger partial charge in [-0.25, -0.2) is 0 Å². The van der Waals surface area contributed by atoms with Crippen LogP contribution in [0.2, 0.25) is 0 Å². The van der Waals surface area contributed by atoms with Crippen molar-refractivity contribution in [2.75, 3.05) is 5.32 Å². The maximum Gasteiger partial charge on any atom is 0.273 e. The second kappa shape index (κ2) is 6.53. The van der Waals surface area contributed by atoms with Crippen LogP contribution >= 0.6 is 11.8 Å². The molecule has 0 saturated carbocycles. The predicted octanol–water partition coefficient (Wildman–Crippen LogP) is 1.90. The van der Waals surface area contributed by atoms with E-state index in [-0.39, 0.29) is 11.5 Å². The third-order valence-electron chi connectivity index (χ3n) is 2.82. The van der Waals surface area contributed by atoms with E-state index in [0.29, 0.717) is 10.9 Å². The number of carbonyl (C=O) groups is 1. The number of rotatable bonds is 4. The zero-order chi connectivity index (χ0) is 15.4. The summed E-state index contributed by atoms with van der Waals surface area (Å²) in [6.07, 6.45) is 0. The fourth-order valence-corrected chi connectivity index (χ4v) is 2.27. The van der Waals surface area contributed by atoms with E-state index in [1.165, 1.54) is 0 Å². The molecular weight excluding hydrogens is 288 g/mol. The number of amides is 1. The summed E-state index contributed by atoms with van der Waals surface area (Å²) in [6, 6.07) is 7.54. The van der Waals surface area contributed by atoms with E-state index in [1.54, 1.807) is 13.8 Å². The summed E-state index contributed by atoms with van der Waals surface area (Å²) in [5, 5.41) is 10.3. The molecule has 0 bridgehead atoms. The second-order valence-electron chi connectivity index (χ2n) is 4.66. The molecule has 0 fully saturated rings. The largest absolute Gasteiger partial charge is 0.325 e. The molecule has 0 aliphatic rings. The highest BCUT2D eigenvalue weighted by atomic mass is 32.2. The van der Waals surface area contributed by atoms with Crippen molar-refractivity contribution in [3.8, 4) is 0 Å². The van der Waals surface area contributed by atoms with Crippen LogP contribution in [-0.2, 0) is 4.79 Å². The summed E-state index contributed by atoms with van der Waals surface area (Å²) in [7, 11) is 0. The zero-order valence-corrected chi connectivity index (χ0v) is 12.8. The Labute approximate surface area is 126 Å². The van der Waals surface area contributed by atoms with Gasteiger partial charge in [-0.15, -0.1) is 10.2 Å². The molecule has 1 aromatic carbocycles. The quantitative estimate of drug-likeness (QED) is 0.842. The molecule has 1 atom stereocenters. The first-order valence-corrected chi connectivity index (χ1v) is 7.31. The van der Waals surface area contributed by atoms with Gasteiger partial charge in [-0.3, -0.25) is 14.6 Å². The number of nitrogens with zero attached hydrogens (tertiary/aromatic N) is 2. The minimum absolute atomic E-state index is 0.160. The summed E-state index contributed by atoms with van der Waals surface area (Å²) in [4.78, 5) is 26.1. The first-order chi connectivity index (χ1) is 9.95. The minimum atomic E-state index is -0.404. The van der Waals surface area contributed by atoms with Crippen molar-refractivity contribution >= 4 is 23.4 Å². The van der Waals surface area contributed by atoms with E-state index in [4.69, 9.17) is 0 Å². The van der Waals surface area contributed by atoms with Crippen molar-refractivity contribution in [3.05, 3.63) is 45.9 Å². The number of benzene rings is 1. The molecule has 1 aromatic heterocycles. The fraction of sp³-hybridized carbons (Fsp3) is 0.286. The standard InChI is InChI=1S/C14H16N4O2S/c1-8-4-6-11(7-5-8)15-13(20)10(3)21-14-16-12(19)9(2)17-18-14/h4-7,10H,1-3H3,(H,15,20)(H,16,18,19)/t10-/m0/s1. The Morgan fingerprint density at radius 2 is 1.90 bits per heavy atom. The van der Waals surface area contributed by atoms with E-state index in [1.807, 2.05) is 31.2 Å². The average molecular weight is 304 g/mol. The van der Waals surface area contributed by atoms with Crippen LogP contribution in [0.5, 0.6) is 0 Å². The van der Waals surface area contributed by atoms with Crippen LogP contribution in [0, 0.1) is 13.8 Å². The van der Waals surface area contributed by atoms with E-state index in [2.05, 4.69) is 20.5 Å². The lowest BCUT2D eigenvalue weighted by Gasteiger charge is -2.11. The van der Waals surface area contributed by atoms with Crippen molar-refractivity contribution in [1.29, 1.82) is 0 Å². The number of anilines is 1. The molecule has 1 heterocycles. The Morgan fingerprint density at radius 1 is 1.24 bits per heavy atom. The van der Waals surface area contributed by atoms with Gasteiger partial charge in [-0.2, -0.15) is 0 Å². The number of hydrogen-bond donors (Lipinski definition) is 2. The van der Waals surface area contributed by atoms with Gasteiger partial charge >= 0.3 is 0 Å². The summed E-state index contributed by atoms with van der Waals surface area (Å²) in [5.74, 6) is -0.160. The molecule has 2 rings (SSSR count). The van der Waals surface area contributed by atoms with Gasteiger partial charge in [0, 0.05) is 5.69 Å². The lowest BCUT2D eigenvalue weighted by atomic mass is 10.2.